The van der Waals surface area contributed by atoms with Crippen LogP contribution in [0.2, 0.25) is 0 Å². The molecule has 0 aliphatic rings. The summed E-state index contributed by atoms with van der Waals surface area (Å²) in [5.41, 5.74) is 2.01. The van der Waals surface area contributed by atoms with Gasteiger partial charge in [0.1, 0.15) is 11.6 Å². The van der Waals surface area contributed by atoms with Crippen LogP contribution in [-0.2, 0) is 0 Å². The summed E-state index contributed by atoms with van der Waals surface area (Å²) in [6.07, 6.45) is 0. The molecule has 0 fully saturated rings. The van der Waals surface area contributed by atoms with Crippen LogP contribution < -0.4 is 4.90 Å². The van der Waals surface area contributed by atoms with E-state index in [1.165, 1.54) is 0 Å². The number of nitrogens with zero attached hydrogens (tertiary/aromatic N) is 3. The normalized spacial score (nSPS) is 11.0. The van der Waals surface area contributed by atoms with Crippen molar-refractivity contribution in [2.24, 2.45) is 0 Å². The van der Waals surface area contributed by atoms with Gasteiger partial charge in [-0.1, -0.05) is 36.4 Å². The van der Waals surface area contributed by atoms with Crippen LogP contribution in [0.5, 0.6) is 0 Å². The summed E-state index contributed by atoms with van der Waals surface area (Å²) < 4.78 is 0. The Morgan fingerprint density at radius 1 is 0.652 bits per heavy atom. The molecular weight excluding hydrogens is 282 g/mol. The van der Waals surface area contributed by atoms with Gasteiger partial charge in [-0.2, -0.15) is 0 Å². The average molecular weight is 299 g/mol. The van der Waals surface area contributed by atoms with Crippen LogP contribution in [0, 0.1) is 0 Å². The zero-order valence-electron chi connectivity index (χ0n) is 13.0. The largest absolute Gasteiger partial charge is 0.311 e. The number of benzene rings is 2. The maximum atomic E-state index is 4.79. The van der Waals surface area contributed by atoms with Crippen molar-refractivity contribution in [3.63, 3.8) is 0 Å². The lowest BCUT2D eigenvalue weighted by atomic mass is 10.2. The van der Waals surface area contributed by atoms with Crippen LogP contribution in [-0.4, -0.2) is 16.5 Å². The van der Waals surface area contributed by atoms with Gasteiger partial charge in [-0.25, -0.2) is 9.97 Å². The van der Waals surface area contributed by atoms with Gasteiger partial charge in [-0.05, 0) is 43.3 Å². The van der Waals surface area contributed by atoms with E-state index in [0.717, 1.165) is 40.0 Å². The highest BCUT2D eigenvalue weighted by molar-refractivity contribution is 5.83. The van der Waals surface area contributed by atoms with Crippen molar-refractivity contribution in [3.05, 3.63) is 72.8 Å². The Balaban J connectivity index is 1.81. The van der Waals surface area contributed by atoms with Crippen LogP contribution in [0.1, 0.15) is 6.92 Å². The van der Waals surface area contributed by atoms with Gasteiger partial charge in [0.2, 0.25) is 0 Å². The molecule has 3 nitrogen and oxygen atoms in total. The molecular formula is C20H17N3. The van der Waals surface area contributed by atoms with E-state index in [1.807, 2.05) is 36.4 Å². The van der Waals surface area contributed by atoms with Crippen molar-refractivity contribution in [1.29, 1.82) is 0 Å². The molecule has 0 spiro atoms. The Morgan fingerprint density at radius 2 is 1.13 bits per heavy atom. The molecule has 0 amide bonds. The SMILES string of the molecule is CCN(c1ccc2ccccc2n1)c1ccc2ccccc2n1. The summed E-state index contributed by atoms with van der Waals surface area (Å²) in [5.74, 6) is 1.85. The van der Waals surface area contributed by atoms with E-state index in [0.29, 0.717) is 0 Å². The lowest BCUT2D eigenvalue weighted by Crippen LogP contribution is -2.18. The minimum absolute atomic E-state index is 0.816. The molecule has 4 aromatic rings. The predicted octanol–water partition coefficient (Wildman–Crippen LogP) is 4.94. The van der Waals surface area contributed by atoms with Crippen molar-refractivity contribution >= 4 is 33.4 Å². The number of para-hydroxylation sites is 2. The monoisotopic (exact) mass is 299 g/mol. The lowest BCUT2D eigenvalue weighted by Gasteiger charge is -2.21. The number of fused-ring (bicyclic) bond motifs is 2. The van der Waals surface area contributed by atoms with E-state index in [9.17, 15) is 0 Å². The van der Waals surface area contributed by atoms with Gasteiger partial charge in [0.05, 0.1) is 11.0 Å². The number of anilines is 2. The van der Waals surface area contributed by atoms with Gasteiger partial charge in [-0.3, -0.25) is 0 Å². The molecule has 4 rings (SSSR count). The molecule has 0 saturated carbocycles. The summed E-state index contributed by atoms with van der Waals surface area (Å²) >= 11 is 0. The lowest BCUT2D eigenvalue weighted by molar-refractivity contribution is 0.973. The first kappa shape index (κ1) is 13.7. The number of hydrogen-bond acceptors (Lipinski definition) is 3. The fraction of sp³-hybridized carbons (Fsp3) is 0.100. The number of rotatable bonds is 3. The minimum Gasteiger partial charge on any atom is -0.311 e. The first-order valence-corrected chi connectivity index (χ1v) is 7.84. The quantitative estimate of drug-likeness (QED) is 0.536. The third-order valence-corrected chi connectivity index (χ3v) is 4.04. The van der Waals surface area contributed by atoms with Gasteiger partial charge in [0.15, 0.2) is 0 Å². The van der Waals surface area contributed by atoms with E-state index in [-0.39, 0.29) is 0 Å². The maximum absolute atomic E-state index is 4.79. The maximum Gasteiger partial charge on any atom is 0.134 e. The highest BCUT2D eigenvalue weighted by Crippen LogP contribution is 2.25. The predicted molar refractivity (Wildman–Crippen MR) is 96.2 cm³/mol. The average Bonchev–Trinajstić information content (AvgIpc) is 2.62. The third-order valence-electron chi connectivity index (χ3n) is 4.04. The summed E-state index contributed by atoms with van der Waals surface area (Å²) in [6, 6.07) is 24.7. The fourth-order valence-corrected chi connectivity index (χ4v) is 2.85. The van der Waals surface area contributed by atoms with Crippen molar-refractivity contribution in [2.45, 2.75) is 6.92 Å². The fourth-order valence-electron chi connectivity index (χ4n) is 2.85. The van der Waals surface area contributed by atoms with Crippen LogP contribution in [0.25, 0.3) is 21.8 Å². The van der Waals surface area contributed by atoms with Crippen LogP contribution in [0.15, 0.2) is 72.8 Å². The molecule has 0 atom stereocenters. The number of aromatic nitrogens is 2. The Labute approximate surface area is 135 Å². The van der Waals surface area contributed by atoms with Crippen molar-refractivity contribution in [1.82, 2.24) is 9.97 Å². The third kappa shape index (κ3) is 2.50. The number of pyridine rings is 2. The zero-order chi connectivity index (χ0) is 15.6. The topological polar surface area (TPSA) is 29.0 Å². The first-order valence-electron chi connectivity index (χ1n) is 7.84. The summed E-state index contributed by atoms with van der Waals surface area (Å²) in [7, 11) is 0. The van der Waals surface area contributed by atoms with Gasteiger partial charge in [0, 0.05) is 17.3 Å². The highest BCUT2D eigenvalue weighted by atomic mass is 15.2. The molecule has 23 heavy (non-hydrogen) atoms. The van der Waals surface area contributed by atoms with Crippen LogP contribution >= 0.6 is 0 Å². The van der Waals surface area contributed by atoms with Crippen LogP contribution in [0.4, 0.5) is 11.6 Å². The van der Waals surface area contributed by atoms with E-state index < -0.39 is 0 Å². The Hall–Kier alpha value is -2.94. The zero-order valence-corrected chi connectivity index (χ0v) is 13.0. The van der Waals surface area contributed by atoms with Gasteiger partial charge >= 0.3 is 0 Å². The Bertz CT molecular complexity index is 899. The molecule has 0 unspecified atom stereocenters. The van der Waals surface area contributed by atoms with Gasteiger partial charge < -0.3 is 4.90 Å². The van der Waals surface area contributed by atoms with E-state index in [2.05, 4.69) is 48.2 Å². The molecule has 3 heteroatoms. The molecule has 2 aromatic heterocycles. The van der Waals surface area contributed by atoms with E-state index in [4.69, 9.17) is 9.97 Å². The molecule has 0 saturated heterocycles. The van der Waals surface area contributed by atoms with Gasteiger partial charge in [0.25, 0.3) is 0 Å². The molecule has 0 bridgehead atoms. The van der Waals surface area contributed by atoms with Gasteiger partial charge in [-0.15, -0.1) is 0 Å². The number of hydrogen-bond donors (Lipinski definition) is 0. The van der Waals surface area contributed by atoms with Crippen molar-refractivity contribution < 1.29 is 0 Å². The Morgan fingerprint density at radius 3 is 1.61 bits per heavy atom. The van der Waals surface area contributed by atoms with E-state index >= 15 is 0 Å². The molecule has 2 aromatic carbocycles. The second-order valence-electron chi connectivity index (χ2n) is 5.47. The molecule has 2 heterocycles. The van der Waals surface area contributed by atoms with Crippen LogP contribution in [0.3, 0.4) is 0 Å². The summed E-state index contributed by atoms with van der Waals surface area (Å²) in [6.45, 7) is 2.93. The minimum atomic E-state index is 0.816. The first-order chi connectivity index (χ1) is 11.3. The second-order valence-corrected chi connectivity index (χ2v) is 5.47. The summed E-state index contributed by atoms with van der Waals surface area (Å²) in [5, 5.41) is 2.30. The molecule has 0 aliphatic heterocycles. The van der Waals surface area contributed by atoms with Crippen molar-refractivity contribution in [2.75, 3.05) is 11.4 Å². The molecule has 0 radical (unpaired) electrons. The Kier molecular flexibility index (Phi) is 3.39. The smallest absolute Gasteiger partial charge is 0.134 e. The standard InChI is InChI=1S/C20H17N3/c1-2-23(19-13-11-15-7-3-5-9-17(15)21-19)20-14-12-16-8-4-6-10-18(16)22-20/h3-14H,2H2,1H3. The molecule has 0 aliphatic carbocycles. The molecule has 112 valence electrons. The molecule has 0 N–H and O–H groups in total. The second kappa shape index (κ2) is 5.69. The highest BCUT2D eigenvalue weighted by Gasteiger charge is 2.11. The van der Waals surface area contributed by atoms with E-state index in [1.54, 1.807) is 0 Å². The summed E-state index contributed by atoms with van der Waals surface area (Å²) in [4.78, 5) is 11.7. The van der Waals surface area contributed by atoms with Crippen molar-refractivity contribution in [3.8, 4) is 0 Å².